The van der Waals surface area contributed by atoms with Crippen LogP contribution in [0.5, 0.6) is 0 Å². The number of fused-ring (bicyclic) bond motifs is 2. The Morgan fingerprint density at radius 1 is 1.26 bits per heavy atom. The summed E-state index contributed by atoms with van der Waals surface area (Å²) in [7, 11) is 1.87. The summed E-state index contributed by atoms with van der Waals surface area (Å²) in [4.78, 5) is 19.3. The third-order valence-electron chi connectivity index (χ3n) is 4.47. The normalized spacial score (nSPS) is 14.1. The molecule has 3 heterocycles. The summed E-state index contributed by atoms with van der Waals surface area (Å²) in [5, 5.41) is 5.30. The second-order valence-electron chi connectivity index (χ2n) is 5.99. The van der Waals surface area contributed by atoms with Crippen LogP contribution in [0.2, 0.25) is 0 Å². The van der Waals surface area contributed by atoms with Crippen LogP contribution in [0, 0.1) is 6.92 Å². The van der Waals surface area contributed by atoms with Gasteiger partial charge in [-0.2, -0.15) is 5.10 Å². The van der Waals surface area contributed by atoms with Crippen LogP contribution in [0.25, 0.3) is 11.0 Å². The number of aryl methyl sites for hydroxylation is 3. The number of carbonyl (C=O) groups excluding carboxylic acids is 1. The fourth-order valence-corrected chi connectivity index (χ4v) is 3.33. The number of para-hydroxylation sites is 1. The number of rotatable bonds is 1. The minimum Gasteiger partial charge on any atom is -0.308 e. The number of anilines is 1. The fraction of sp³-hybridized carbons (Fsp3) is 0.278. The van der Waals surface area contributed by atoms with Crippen molar-refractivity contribution in [3.05, 3.63) is 53.3 Å². The van der Waals surface area contributed by atoms with Crippen LogP contribution in [0.3, 0.4) is 0 Å². The van der Waals surface area contributed by atoms with Crippen molar-refractivity contribution in [3.63, 3.8) is 0 Å². The molecule has 0 fully saturated rings. The largest absolute Gasteiger partial charge is 0.308 e. The van der Waals surface area contributed by atoms with Crippen LogP contribution >= 0.6 is 0 Å². The van der Waals surface area contributed by atoms with Gasteiger partial charge >= 0.3 is 0 Å². The van der Waals surface area contributed by atoms with Crippen LogP contribution < -0.4 is 4.90 Å². The first-order valence-corrected chi connectivity index (χ1v) is 7.84. The molecule has 5 heteroatoms. The van der Waals surface area contributed by atoms with Gasteiger partial charge in [-0.15, -0.1) is 0 Å². The molecule has 0 spiro atoms. The number of benzene rings is 1. The van der Waals surface area contributed by atoms with Gasteiger partial charge < -0.3 is 4.90 Å². The van der Waals surface area contributed by atoms with E-state index in [-0.39, 0.29) is 5.91 Å². The number of pyridine rings is 1. The average molecular weight is 306 g/mol. The molecule has 0 atom stereocenters. The van der Waals surface area contributed by atoms with Crippen LogP contribution in [-0.4, -0.2) is 27.2 Å². The molecule has 0 N–H and O–H groups in total. The van der Waals surface area contributed by atoms with E-state index >= 15 is 0 Å². The standard InChI is InChI=1S/C18H18N4O/c1-12-15-10-14(11-19-17(15)21(2)20-12)18(23)22-9-5-7-13-6-3-4-8-16(13)22/h3-4,6,8,10-11H,5,7,9H2,1-2H3. The first kappa shape index (κ1) is 13.9. The fourth-order valence-electron chi connectivity index (χ4n) is 3.33. The Morgan fingerprint density at radius 2 is 2.09 bits per heavy atom. The van der Waals surface area contributed by atoms with Crippen molar-refractivity contribution in [2.24, 2.45) is 7.05 Å². The van der Waals surface area contributed by atoms with Gasteiger partial charge in [0, 0.05) is 30.9 Å². The highest BCUT2D eigenvalue weighted by Gasteiger charge is 2.24. The van der Waals surface area contributed by atoms with E-state index < -0.39 is 0 Å². The number of carbonyl (C=O) groups is 1. The number of nitrogens with zero attached hydrogens (tertiary/aromatic N) is 4. The minimum absolute atomic E-state index is 0.00908. The molecule has 0 bridgehead atoms. The third kappa shape index (κ3) is 2.20. The Balaban J connectivity index is 1.77. The zero-order valence-electron chi connectivity index (χ0n) is 13.3. The molecule has 0 radical (unpaired) electrons. The predicted octanol–water partition coefficient (Wildman–Crippen LogP) is 2.87. The second kappa shape index (κ2) is 5.19. The van der Waals surface area contributed by atoms with Gasteiger partial charge in [0.2, 0.25) is 0 Å². The molecule has 0 aliphatic carbocycles. The lowest BCUT2D eigenvalue weighted by atomic mass is 10.0. The first-order chi connectivity index (χ1) is 11.1. The molecule has 0 saturated carbocycles. The van der Waals surface area contributed by atoms with Crippen molar-refractivity contribution in [3.8, 4) is 0 Å². The van der Waals surface area contributed by atoms with Gasteiger partial charge in [0.25, 0.3) is 5.91 Å². The average Bonchev–Trinajstić information content (AvgIpc) is 2.87. The first-order valence-electron chi connectivity index (χ1n) is 7.84. The van der Waals surface area contributed by atoms with E-state index in [9.17, 15) is 4.79 Å². The van der Waals surface area contributed by atoms with Crippen molar-refractivity contribution < 1.29 is 4.79 Å². The maximum atomic E-state index is 13.0. The minimum atomic E-state index is 0.00908. The number of hydrogen-bond donors (Lipinski definition) is 0. The summed E-state index contributed by atoms with van der Waals surface area (Å²) in [5.41, 5.74) is 4.57. The second-order valence-corrected chi connectivity index (χ2v) is 5.99. The van der Waals surface area contributed by atoms with Gasteiger partial charge in [-0.25, -0.2) is 4.98 Å². The summed E-state index contributed by atoms with van der Waals surface area (Å²) in [5.74, 6) is 0.00908. The van der Waals surface area contributed by atoms with Crippen LogP contribution in [-0.2, 0) is 13.5 Å². The summed E-state index contributed by atoms with van der Waals surface area (Å²) in [6, 6.07) is 10.0. The van der Waals surface area contributed by atoms with E-state index in [0.29, 0.717) is 5.56 Å². The molecule has 0 unspecified atom stereocenters. The van der Waals surface area contributed by atoms with Crippen LogP contribution in [0.4, 0.5) is 5.69 Å². The molecule has 0 saturated heterocycles. The van der Waals surface area contributed by atoms with E-state index in [1.54, 1.807) is 10.9 Å². The van der Waals surface area contributed by atoms with Crippen LogP contribution in [0.15, 0.2) is 36.5 Å². The molecule has 23 heavy (non-hydrogen) atoms. The number of amides is 1. The molecule has 1 amide bonds. The number of hydrogen-bond acceptors (Lipinski definition) is 3. The van der Waals surface area contributed by atoms with E-state index in [2.05, 4.69) is 16.1 Å². The molecule has 3 aromatic rings. The van der Waals surface area contributed by atoms with Crippen LogP contribution in [0.1, 0.15) is 28.0 Å². The molecule has 116 valence electrons. The van der Waals surface area contributed by atoms with Gasteiger partial charge in [-0.1, -0.05) is 18.2 Å². The van der Waals surface area contributed by atoms with Crippen molar-refractivity contribution in [1.29, 1.82) is 0 Å². The Morgan fingerprint density at radius 3 is 2.96 bits per heavy atom. The maximum Gasteiger partial charge on any atom is 0.259 e. The highest BCUT2D eigenvalue weighted by molar-refractivity contribution is 6.08. The number of aromatic nitrogens is 3. The molecule has 1 aliphatic rings. The summed E-state index contributed by atoms with van der Waals surface area (Å²) in [6.07, 6.45) is 3.67. The smallest absolute Gasteiger partial charge is 0.259 e. The summed E-state index contributed by atoms with van der Waals surface area (Å²) >= 11 is 0. The van der Waals surface area contributed by atoms with Gasteiger partial charge in [-0.3, -0.25) is 9.48 Å². The highest BCUT2D eigenvalue weighted by atomic mass is 16.2. The summed E-state index contributed by atoms with van der Waals surface area (Å²) < 4.78 is 1.75. The van der Waals surface area contributed by atoms with E-state index in [0.717, 1.165) is 41.8 Å². The predicted molar refractivity (Wildman–Crippen MR) is 89.7 cm³/mol. The maximum absolute atomic E-state index is 13.0. The van der Waals surface area contributed by atoms with Crippen molar-refractivity contribution in [1.82, 2.24) is 14.8 Å². The van der Waals surface area contributed by atoms with Crippen molar-refractivity contribution in [2.75, 3.05) is 11.4 Å². The van der Waals surface area contributed by atoms with Crippen molar-refractivity contribution >= 4 is 22.6 Å². The monoisotopic (exact) mass is 306 g/mol. The lowest BCUT2D eigenvalue weighted by Crippen LogP contribution is -2.35. The van der Waals surface area contributed by atoms with Gasteiger partial charge in [-0.05, 0) is 37.5 Å². The Hall–Kier alpha value is -2.69. The molecule has 5 nitrogen and oxygen atoms in total. The quantitative estimate of drug-likeness (QED) is 0.694. The molecule has 2 aromatic heterocycles. The van der Waals surface area contributed by atoms with Gasteiger partial charge in [0.15, 0.2) is 5.65 Å². The molecular weight excluding hydrogens is 288 g/mol. The van der Waals surface area contributed by atoms with E-state index in [4.69, 9.17) is 0 Å². The SMILES string of the molecule is Cc1nn(C)c2ncc(C(=O)N3CCCc4ccccc43)cc12. The Bertz CT molecular complexity index is 913. The zero-order valence-corrected chi connectivity index (χ0v) is 13.3. The topological polar surface area (TPSA) is 51.0 Å². The lowest BCUT2D eigenvalue weighted by Gasteiger charge is -2.29. The van der Waals surface area contributed by atoms with Gasteiger partial charge in [0.1, 0.15) is 0 Å². The van der Waals surface area contributed by atoms with Gasteiger partial charge in [0.05, 0.1) is 11.3 Å². The lowest BCUT2D eigenvalue weighted by molar-refractivity contribution is 0.0985. The molecule has 1 aromatic carbocycles. The Kier molecular flexibility index (Phi) is 3.15. The van der Waals surface area contributed by atoms with E-state index in [1.165, 1.54) is 5.56 Å². The van der Waals surface area contributed by atoms with Crippen molar-refractivity contribution in [2.45, 2.75) is 19.8 Å². The molecule has 4 rings (SSSR count). The highest BCUT2D eigenvalue weighted by Crippen LogP contribution is 2.28. The third-order valence-corrected chi connectivity index (χ3v) is 4.47. The zero-order chi connectivity index (χ0) is 16.0. The molecule has 1 aliphatic heterocycles. The Labute approximate surface area is 134 Å². The summed E-state index contributed by atoms with van der Waals surface area (Å²) in [6.45, 7) is 2.69. The van der Waals surface area contributed by atoms with E-state index in [1.807, 2.05) is 43.1 Å². The molecular formula is C18H18N4O.